The molecule has 1 aromatic rings. The van der Waals surface area contributed by atoms with Gasteiger partial charge in [0.25, 0.3) is 5.91 Å². The molecule has 1 atom stereocenters. The van der Waals surface area contributed by atoms with Crippen LogP contribution < -0.4 is 10.6 Å². The van der Waals surface area contributed by atoms with Crippen molar-refractivity contribution < 1.29 is 42.7 Å². The molecule has 0 saturated carbocycles. The van der Waals surface area contributed by atoms with Crippen molar-refractivity contribution >= 4 is 42.0 Å². The lowest BCUT2D eigenvalue weighted by Gasteiger charge is -2.31. The summed E-state index contributed by atoms with van der Waals surface area (Å²) in [5.41, 5.74) is -1.13. The summed E-state index contributed by atoms with van der Waals surface area (Å²) in [5, 5.41) is 14.1. The Bertz CT molecular complexity index is 1400. The van der Waals surface area contributed by atoms with Crippen molar-refractivity contribution in [2.75, 3.05) is 25.4 Å². The minimum absolute atomic E-state index is 0.0754. The number of amides is 2. The Morgan fingerprint density at radius 1 is 0.865 bits per heavy atom. The molecule has 0 aliphatic carbocycles. The van der Waals surface area contributed by atoms with Crippen LogP contribution in [0.1, 0.15) is 82.5 Å². The van der Waals surface area contributed by atoms with E-state index in [1.807, 2.05) is 0 Å². The van der Waals surface area contributed by atoms with Crippen molar-refractivity contribution in [1.29, 1.82) is 0 Å². The summed E-state index contributed by atoms with van der Waals surface area (Å²) in [6, 6.07) is 2.99. The average Bonchev–Trinajstić information content (AvgIpc) is 3.12. The highest BCUT2D eigenvalue weighted by atomic mass is 32.2. The second-order valence-corrected chi connectivity index (χ2v) is 12.7. The second-order valence-electron chi connectivity index (χ2n) is 11.9. The van der Waals surface area contributed by atoms with E-state index in [9.17, 15) is 24.0 Å². The van der Waals surface area contributed by atoms with Crippen molar-refractivity contribution in [2.24, 2.45) is 5.41 Å². The van der Waals surface area contributed by atoms with Crippen molar-refractivity contribution in [3.63, 3.8) is 0 Å². The SMILES string of the molecule is CCC=CCC=CCC=CCC=CCC=CCC/C=C/C(=O)OSCCNC(=O)CCNC(=O)C(OC(=O)c1cccnc1)C(C)(C)COC(=O)O. The number of nitrogens with one attached hydrogen (secondary N) is 2. The molecule has 52 heavy (non-hydrogen) atoms. The van der Waals surface area contributed by atoms with Gasteiger partial charge < -0.3 is 29.4 Å². The molecule has 1 rings (SSSR count). The molecule has 12 nitrogen and oxygen atoms in total. The Balaban J connectivity index is 2.23. The summed E-state index contributed by atoms with van der Waals surface area (Å²) in [6.07, 6.45) is 30.6. The van der Waals surface area contributed by atoms with Gasteiger partial charge >= 0.3 is 18.1 Å². The van der Waals surface area contributed by atoms with Crippen LogP contribution in [0.25, 0.3) is 0 Å². The van der Waals surface area contributed by atoms with Crippen molar-refractivity contribution in [3.8, 4) is 0 Å². The first-order valence-electron chi connectivity index (χ1n) is 17.3. The number of unbranched alkanes of at least 4 members (excludes halogenated alkanes) is 1. The van der Waals surface area contributed by atoms with Crippen LogP contribution in [0.3, 0.4) is 0 Å². The normalized spacial score (nSPS) is 12.7. The Kier molecular flexibility index (Phi) is 24.9. The molecule has 0 radical (unpaired) electrons. The van der Waals surface area contributed by atoms with Gasteiger partial charge in [-0.2, -0.15) is 0 Å². The summed E-state index contributed by atoms with van der Waals surface area (Å²) < 4.78 is 15.1. The van der Waals surface area contributed by atoms with Crippen LogP contribution in [0.5, 0.6) is 0 Å². The first kappa shape index (κ1) is 45.1. The number of hydrogen-bond acceptors (Lipinski definition) is 10. The summed E-state index contributed by atoms with van der Waals surface area (Å²) in [6.45, 7) is 4.88. The largest absolute Gasteiger partial charge is 0.505 e. The summed E-state index contributed by atoms with van der Waals surface area (Å²) >= 11 is 0.915. The lowest BCUT2D eigenvalue weighted by Crippen LogP contribution is -2.49. The Morgan fingerprint density at radius 2 is 1.48 bits per heavy atom. The van der Waals surface area contributed by atoms with Gasteiger partial charge in [0.15, 0.2) is 6.10 Å². The molecule has 0 aromatic carbocycles. The number of rotatable bonds is 26. The maximum Gasteiger partial charge on any atom is 0.505 e. The van der Waals surface area contributed by atoms with E-state index >= 15 is 0 Å². The van der Waals surface area contributed by atoms with Crippen LogP contribution in [-0.2, 0) is 28.0 Å². The molecule has 0 aliphatic heterocycles. The van der Waals surface area contributed by atoms with E-state index in [-0.39, 0.29) is 31.0 Å². The van der Waals surface area contributed by atoms with Gasteiger partial charge in [-0.3, -0.25) is 14.6 Å². The third kappa shape index (κ3) is 23.5. The number of pyridine rings is 1. The molecule has 2 amide bonds. The van der Waals surface area contributed by atoms with E-state index < -0.39 is 42.1 Å². The number of aromatic nitrogens is 1. The maximum absolute atomic E-state index is 13.0. The van der Waals surface area contributed by atoms with E-state index in [2.05, 4.69) is 88.0 Å². The molecule has 1 aromatic heterocycles. The summed E-state index contributed by atoms with van der Waals surface area (Å²) in [5.74, 6) is -2.08. The Labute approximate surface area is 311 Å². The average molecular weight is 740 g/mol. The predicted molar refractivity (Wildman–Crippen MR) is 203 cm³/mol. The van der Waals surface area contributed by atoms with Crippen LogP contribution in [0.2, 0.25) is 0 Å². The number of hydrogen-bond donors (Lipinski definition) is 3. The smallest absolute Gasteiger partial charge is 0.450 e. The van der Waals surface area contributed by atoms with Crippen LogP contribution in [0, 0.1) is 5.41 Å². The van der Waals surface area contributed by atoms with Gasteiger partial charge in [-0.15, -0.1) is 0 Å². The van der Waals surface area contributed by atoms with E-state index in [1.54, 1.807) is 6.08 Å². The predicted octanol–water partition coefficient (Wildman–Crippen LogP) is 7.23. The molecule has 3 N–H and O–H groups in total. The topological polar surface area (TPSA) is 170 Å². The Hall–Kier alpha value is -4.91. The maximum atomic E-state index is 13.0. The monoisotopic (exact) mass is 739 g/mol. The van der Waals surface area contributed by atoms with Crippen LogP contribution in [0.4, 0.5) is 4.79 Å². The fourth-order valence-corrected chi connectivity index (χ4v) is 4.57. The molecular weight excluding hydrogens is 687 g/mol. The quantitative estimate of drug-likeness (QED) is 0.0288. The van der Waals surface area contributed by atoms with Gasteiger partial charge in [-0.05, 0) is 57.1 Å². The number of carbonyl (C=O) groups is 5. The van der Waals surface area contributed by atoms with Crippen molar-refractivity contribution in [1.82, 2.24) is 15.6 Å². The molecule has 284 valence electrons. The molecule has 0 aliphatic rings. The molecule has 1 unspecified atom stereocenters. The number of nitrogens with zero attached hydrogens (tertiary/aromatic N) is 1. The number of allylic oxidation sites excluding steroid dienone is 11. The van der Waals surface area contributed by atoms with Crippen LogP contribution in [-0.4, -0.2) is 71.6 Å². The van der Waals surface area contributed by atoms with Crippen molar-refractivity contribution in [3.05, 3.63) is 103 Å². The number of esters is 1. The molecule has 0 fully saturated rings. The molecule has 0 spiro atoms. The lowest BCUT2D eigenvalue weighted by molar-refractivity contribution is -0.138. The third-order valence-corrected chi connectivity index (χ3v) is 7.50. The van der Waals surface area contributed by atoms with Crippen LogP contribution in [0.15, 0.2) is 97.4 Å². The molecular formula is C39H53N3O9S. The van der Waals surface area contributed by atoms with E-state index in [4.69, 9.17) is 14.0 Å². The zero-order valence-electron chi connectivity index (χ0n) is 30.4. The summed E-state index contributed by atoms with van der Waals surface area (Å²) in [4.78, 5) is 64.5. The molecule has 0 bridgehead atoms. The number of ether oxygens (including phenoxy) is 2. The minimum atomic E-state index is -1.54. The zero-order valence-corrected chi connectivity index (χ0v) is 31.2. The minimum Gasteiger partial charge on any atom is -0.450 e. The number of carboxylic acid groups (broad SMARTS) is 1. The van der Waals surface area contributed by atoms with Gasteiger partial charge in [-0.1, -0.05) is 87.6 Å². The number of carbonyl (C=O) groups excluding carboxylic acids is 4. The van der Waals surface area contributed by atoms with E-state index in [0.29, 0.717) is 12.2 Å². The van der Waals surface area contributed by atoms with Crippen LogP contribution >= 0.6 is 12.0 Å². The van der Waals surface area contributed by atoms with Gasteiger partial charge in [0.1, 0.15) is 6.61 Å². The van der Waals surface area contributed by atoms with E-state index in [0.717, 1.165) is 50.6 Å². The highest BCUT2D eigenvalue weighted by Gasteiger charge is 2.40. The van der Waals surface area contributed by atoms with Gasteiger partial charge in [0.05, 0.1) is 17.6 Å². The van der Waals surface area contributed by atoms with Crippen molar-refractivity contribution in [2.45, 2.75) is 78.2 Å². The second kappa shape index (κ2) is 28.8. The fourth-order valence-electron chi connectivity index (χ4n) is 4.13. The standard InChI is InChI=1S/C39H53N3O9S/c1-4-5-6-7-8-9-10-11-12-13-14-15-16-17-18-19-20-21-24-34(44)51-52-29-28-41-33(43)25-27-42-36(45)35(39(2,3)31-49-38(47)48)50-37(46)32-23-22-26-40-30-32/h5-6,8-9,11-12,14-15,17-18,21-24,26,30,35H,4,7,10,13,16,19-20,25,27-29,31H2,1-3H3,(H,41,43)(H,42,45)(H,47,48)/b6-5?,9-8?,12-11?,15-14?,18-17?,24-21+. The lowest BCUT2D eigenvalue weighted by atomic mass is 9.86. The first-order chi connectivity index (χ1) is 25.1. The van der Waals surface area contributed by atoms with Gasteiger partial charge in [0, 0.05) is 49.1 Å². The summed E-state index contributed by atoms with van der Waals surface area (Å²) in [7, 11) is 0. The highest BCUT2D eigenvalue weighted by Crippen LogP contribution is 2.25. The third-order valence-electron chi connectivity index (χ3n) is 6.85. The zero-order chi connectivity index (χ0) is 38.3. The fraction of sp³-hybridized carbons (Fsp3) is 0.436. The molecule has 13 heteroatoms. The highest BCUT2D eigenvalue weighted by molar-refractivity contribution is 7.95. The molecule has 0 saturated heterocycles. The first-order valence-corrected chi connectivity index (χ1v) is 18.2. The van der Waals surface area contributed by atoms with Gasteiger partial charge in [0.2, 0.25) is 5.91 Å². The Morgan fingerprint density at radius 3 is 2.08 bits per heavy atom. The van der Waals surface area contributed by atoms with Gasteiger partial charge in [-0.25, -0.2) is 14.4 Å². The van der Waals surface area contributed by atoms with E-state index in [1.165, 1.54) is 44.4 Å². The molecule has 1 heterocycles.